The van der Waals surface area contributed by atoms with E-state index in [1.807, 2.05) is 0 Å². The molecule has 53 heavy (non-hydrogen) atoms. The van der Waals surface area contributed by atoms with Crippen molar-refractivity contribution in [2.24, 2.45) is 0 Å². The van der Waals surface area contributed by atoms with Gasteiger partial charge in [-0.15, -0.1) is 0 Å². The average molecular weight is 793 g/mol. The standard InChI is InChI=1S/C32H24F12N2O6S/c33-29(34,35)23-15(7-11-21(47)45-13-1-3-17(45)27(49)50)5-9-19(25(23)31(39,40)41)53-20-10-6-16(24(30(36,37)38)26(20)32(42,43)44)8-12-22(48)46-14-2-4-18(46)28(51)52/h5-12,17-18H,1-4,13-14H2,(H,49,50)(H,51,52)/b11-7+,12-8+. The van der Waals surface area contributed by atoms with Gasteiger partial charge < -0.3 is 20.0 Å². The summed E-state index contributed by atoms with van der Waals surface area (Å²) >= 11 is -0.700. The summed E-state index contributed by atoms with van der Waals surface area (Å²) < 4.78 is 172. The predicted octanol–water partition coefficient (Wildman–Crippen LogP) is 8.09. The van der Waals surface area contributed by atoms with Gasteiger partial charge in [0, 0.05) is 35.0 Å². The zero-order valence-corrected chi connectivity index (χ0v) is 27.2. The Labute approximate surface area is 294 Å². The molecule has 2 heterocycles. The van der Waals surface area contributed by atoms with Crippen LogP contribution in [0.2, 0.25) is 0 Å². The molecule has 0 aromatic heterocycles. The summed E-state index contributed by atoms with van der Waals surface area (Å²) in [6, 6.07) is -1.46. The molecule has 0 spiro atoms. The van der Waals surface area contributed by atoms with E-state index in [9.17, 15) is 82.1 Å². The van der Waals surface area contributed by atoms with Crippen molar-refractivity contribution in [3.63, 3.8) is 0 Å². The topological polar surface area (TPSA) is 115 Å². The lowest BCUT2D eigenvalue weighted by Gasteiger charge is -2.24. The number of nitrogens with zero attached hydrogens (tertiary/aromatic N) is 2. The van der Waals surface area contributed by atoms with Gasteiger partial charge in [-0.05, 0) is 61.1 Å². The van der Waals surface area contributed by atoms with Gasteiger partial charge in [0.1, 0.15) is 12.1 Å². The molecule has 2 unspecified atom stereocenters. The largest absolute Gasteiger partial charge is 0.480 e. The zero-order chi connectivity index (χ0) is 39.8. The van der Waals surface area contributed by atoms with Crippen molar-refractivity contribution in [2.75, 3.05) is 13.1 Å². The zero-order valence-electron chi connectivity index (χ0n) is 26.4. The molecule has 2 aromatic rings. The van der Waals surface area contributed by atoms with Gasteiger partial charge in [-0.1, -0.05) is 23.9 Å². The number of hydrogen-bond donors (Lipinski definition) is 2. The van der Waals surface area contributed by atoms with Crippen molar-refractivity contribution in [3.8, 4) is 0 Å². The Morgan fingerprint density at radius 1 is 0.566 bits per heavy atom. The lowest BCUT2D eigenvalue weighted by atomic mass is 9.99. The van der Waals surface area contributed by atoms with Gasteiger partial charge in [-0.3, -0.25) is 9.59 Å². The van der Waals surface area contributed by atoms with E-state index in [1.54, 1.807) is 0 Å². The second-order valence-electron chi connectivity index (χ2n) is 11.6. The predicted molar refractivity (Wildman–Crippen MR) is 160 cm³/mol. The van der Waals surface area contributed by atoms with E-state index in [2.05, 4.69) is 0 Å². The van der Waals surface area contributed by atoms with Crippen LogP contribution in [0.1, 0.15) is 59.1 Å². The number of hydrogen-bond acceptors (Lipinski definition) is 5. The molecular weight excluding hydrogens is 768 g/mol. The van der Waals surface area contributed by atoms with Crippen LogP contribution in [0.5, 0.6) is 0 Å². The highest BCUT2D eigenvalue weighted by Gasteiger charge is 2.49. The summed E-state index contributed by atoms with van der Waals surface area (Å²) in [5, 5.41) is 18.5. The van der Waals surface area contributed by atoms with Gasteiger partial charge in [0.05, 0.1) is 22.3 Å². The van der Waals surface area contributed by atoms with Crippen molar-refractivity contribution < 1.29 is 82.1 Å². The minimum atomic E-state index is -5.98. The van der Waals surface area contributed by atoms with Crippen LogP contribution in [0.15, 0.2) is 46.2 Å². The van der Waals surface area contributed by atoms with Gasteiger partial charge >= 0.3 is 36.6 Å². The maximum absolute atomic E-state index is 14.4. The highest BCUT2D eigenvalue weighted by molar-refractivity contribution is 7.99. The summed E-state index contributed by atoms with van der Waals surface area (Å²) in [6.45, 7) is -0.267. The third kappa shape index (κ3) is 9.10. The Kier molecular flexibility index (Phi) is 11.6. The first-order valence-electron chi connectivity index (χ1n) is 15.1. The fourth-order valence-corrected chi connectivity index (χ4v) is 7.18. The number of aliphatic carboxylic acids is 2. The number of alkyl halides is 12. The molecule has 288 valence electrons. The molecule has 8 nitrogen and oxygen atoms in total. The second kappa shape index (κ2) is 15.0. The number of carbonyl (C=O) groups excluding carboxylic acids is 2. The van der Waals surface area contributed by atoms with Crippen LogP contribution in [-0.2, 0) is 43.9 Å². The van der Waals surface area contributed by atoms with Crippen LogP contribution in [0.4, 0.5) is 52.7 Å². The molecule has 0 bridgehead atoms. The fourth-order valence-electron chi connectivity index (χ4n) is 6.03. The molecule has 4 rings (SSSR count). The van der Waals surface area contributed by atoms with Crippen LogP contribution in [0.3, 0.4) is 0 Å². The summed E-state index contributed by atoms with van der Waals surface area (Å²) in [7, 11) is 0. The SMILES string of the molecule is O=C(O)C1CCCN1C(=O)/C=C/c1ccc(Sc2ccc(/C=C/C(=O)N3CCCC3C(=O)O)c(C(F)(F)F)c2C(F)(F)F)c(C(F)(F)F)c1C(F)(F)F. The summed E-state index contributed by atoms with van der Waals surface area (Å²) in [5.74, 6) is -5.22. The number of halogens is 12. The van der Waals surface area contributed by atoms with E-state index in [0.717, 1.165) is 9.80 Å². The third-order valence-electron chi connectivity index (χ3n) is 8.21. The van der Waals surface area contributed by atoms with Crippen molar-refractivity contribution in [3.05, 3.63) is 69.8 Å². The first-order valence-corrected chi connectivity index (χ1v) is 15.9. The molecule has 2 amide bonds. The van der Waals surface area contributed by atoms with E-state index in [1.165, 1.54) is 0 Å². The Morgan fingerprint density at radius 3 is 1.17 bits per heavy atom. The van der Waals surface area contributed by atoms with Crippen LogP contribution in [-0.4, -0.2) is 68.9 Å². The van der Waals surface area contributed by atoms with E-state index in [4.69, 9.17) is 0 Å². The second-order valence-corrected chi connectivity index (χ2v) is 12.7. The lowest BCUT2D eigenvalue weighted by molar-refractivity contribution is -0.164. The number of amides is 2. The molecule has 2 aliphatic rings. The molecule has 0 radical (unpaired) electrons. The van der Waals surface area contributed by atoms with Gasteiger partial charge in [-0.2, -0.15) is 52.7 Å². The van der Waals surface area contributed by atoms with E-state index in [-0.39, 0.29) is 50.9 Å². The van der Waals surface area contributed by atoms with Crippen molar-refractivity contribution in [1.82, 2.24) is 9.80 Å². The Bertz CT molecular complexity index is 1720. The van der Waals surface area contributed by atoms with E-state index >= 15 is 0 Å². The Morgan fingerprint density at radius 2 is 0.887 bits per heavy atom. The smallest absolute Gasteiger partial charge is 0.418 e. The minimum absolute atomic E-state index is 0.00989. The van der Waals surface area contributed by atoms with Crippen molar-refractivity contribution in [1.29, 1.82) is 0 Å². The molecule has 2 N–H and O–H groups in total. The summed E-state index contributed by atoms with van der Waals surface area (Å²) in [5.41, 5.74) is -12.8. The van der Waals surface area contributed by atoms with Crippen molar-refractivity contribution in [2.45, 2.75) is 72.3 Å². The maximum atomic E-state index is 14.4. The molecule has 2 aliphatic heterocycles. The van der Waals surface area contributed by atoms with Crippen LogP contribution in [0, 0.1) is 0 Å². The normalized spacial score (nSPS) is 18.8. The van der Waals surface area contributed by atoms with Crippen LogP contribution >= 0.6 is 11.8 Å². The minimum Gasteiger partial charge on any atom is -0.480 e. The highest BCUT2D eigenvalue weighted by Crippen LogP contribution is 2.52. The average Bonchev–Trinajstić information content (AvgIpc) is 3.72. The molecule has 2 aromatic carbocycles. The van der Waals surface area contributed by atoms with Crippen molar-refractivity contribution >= 4 is 47.7 Å². The number of likely N-dealkylation sites (tertiary alicyclic amines) is 2. The van der Waals surface area contributed by atoms with E-state index < -0.39 is 115 Å². The quantitative estimate of drug-likeness (QED) is 0.205. The lowest BCUT2D eigenvalue weighted by Crippen LogP contribution is -2.39. The molecule has 2 atom stereocenters. The van der Waals surface area contributed by atoms with Gasteiger partial charge in [0.2, 0.25) is 11.8 Å². The molecule has 2 saturated heterocycles. The van der Waals surface area contributed by atoms with Gasteiger partial charge in [-0.25, -0.2) is 9.59 Å². The van der Waals surface area contributed by atoms with Crippen LogP contribution in [0.25, 0.3) is 12.2 Å². The highest BCUT2D eigenvalue weighted by atomic mass is 32.2. The number of carboxylic acids is 2. The first kappa shape index (κ1) is 41.1. The Hall–Kier alpha value is -4.69. The molecule has 21 heteroatoms. The maximum Gasteiger partial charge on any atom is 0.418 e. The monoisotopic (exact) mass is 792 g/mol. The first-order chi connectivity index (χ1) is 24.3. The molecular formula is C32H24F12N2O6S. The number of rotatable bonds is 8. The summed E-state index contributed by atoms with van der Waals surface area (Å²) in [4.78, 5) is 46.2. The number of carbonyl (C=O) groups is 4. The molecule has 0 saturated carbocycles. The third-order valence-corrected chi connectivity index (χ3v) is 9.33. The molecule has 2 fully saturated rings. The van der Waals surface area contributed by atoms with Crippen LogP contribution < -0.4 is 0 Å². The fraction of sp³-hybridized carbons (Fsp3) is 0.375. The Balaban J connectivity index is 1.85. The van der Waals surface area contributed by atoms with Gasteiger partial charge in [0.25, 0.3) is 0 Å². The number of carboxylic acid groups (broad SMARTS) is 2. The van der Waals surface area contributed by atoms with E-state index in [0.29, 0.717) is 36.4 Å². The number of benzene rings is 2. The summed E-state index contributed by atoms with van der Waals surface area (Å²) in [6.07, 6.45) is -22.0. The van der Waals surface area contributed by atoms with Gasteiger partial charge in [0.15, 0.2) is 0 Å². The molecule has 0 aliphatic carbocycles.